The molecule has 0 aliphatic heterocycles. The van der Waals surface area contributed by atoms with E-state index in [-0.39, 0.29) is 12.7 Å². The summed E-state index contributed by atoms with van der Waals surface area (Å²) < 4.78 is 11.6. The number of carbonyl (C=O) groups is 1. The van der Waals surface area contributed by atoms with Crippen LogP contribution in [0, 0.1) is 0 Å². The Morgan fingerprint density at radius 1 is 1.18 bits per heavy atom. The lowest BCUT2D eigenvalue weighted by Gasteiger charge is -2.18. The highest BCUT2D eigenvalue weighted by molar-refractivity contribution is 5.83. The second-order valence-electron chi connectivity index (χ2n) is 6.24. The molecule has 0 atom stereocenters. The predicted molar refractivity (Wildman–Crippen MR) is 106 cm³/mol. The molecule has 0 spiro atoms. The molecule has 1 aromatic heterocycles. The lowest BCUT2D eigenvalue weighted by atomic mass is 10.1. The molecule has 0 aliphatic rings. The first-order valence-electron chi connectivity index (χ1n) is 8.72. The monoisotopic (exact) mass is 379 g/mol. The van der Waals surface area contributed by atoms with Gasteiger partial charge in [-0.15, -0.1) is 15.0 Å². The summed E-state index contributed by atoms with van der Waals surface area (Å²) in [6.45, 7) is 7.62. The van der Waals surface area contributed by atoms with E-state index < -0.39 is 0 Å². The van der Waals surface area contributed by atoms with E-state index in [2.05, 4.69) is 22.0 Å². The summed E-state index contributed by atoms with van der Waals surface area (Å²) in [7, 11) is 0. The van der Waals surface area contributed by atoms with Crippen LogP contribution in [0.1, 0.15) is 24.2 Å². The van der Waals surface area contributed by atoms with E-state index >= 15 is 0 Å². The van der Waals surface area contributed by atoms with Crippen molar-refractivity contribution in [2.45, 2.75) is 20.0 Å². The summed E-state index contributed by atoms with van der Waals surface area (Å²) in [6, 6.07) is 10.5. The predicted octanol–water partition coefficient (Wildman–Crippen LogP) is 3.08. The Kier molecular flexibility index (Phi) is 5.69. The number of tetrazole rings is 1. The highest BCUT2D eigenvalue weighted by atomic mass is 16.5. The van der Waals surface area contributed by atoms with Gasteiger partial charge in [-0.3, -0.25) is 4.79 Å². The molecule has 0 aliphatic carbocycles. The second kappa shape index (κ2) is 8.34. The number of nitrogen functional groups attached to an aromatic ring is 1. The van der Waals surface area contributed by atoms with Gasteiger partial charge >= 0.3 is 0 Å². The van der Waals surface area contributed by atoms with Gasteiger partial charge in [-0.05, 0) is 55.5 Å². The van der Waals surface area contributed by atoms with Gasteiger partial charge in [0, 0.05) is 11.3 Å². The van der Waals surface area contributed by atoms with Crippen LogP contribution in [0.15, 0.2) is 49.1 Å². The molecular weight excluding hydrogens is 358 g/mol. The van der Waals surface area contributed by atoms with E-state index in [1.807, 2.05) is 26.0 Å². The summed E-state index contributed by atoms with van der Waals surface area (Å²) in [4.78, 5) is 12.8. The number of hydrogen-bond acceptors (Lipinski definition) is 7. The van der Waals surface area contributed by atoms with Crippen molar-refractivity contribution >= 4 is 12.0 Å². The lowest BCUT2D eigenvalue weighted by Crippen LogP contribution is -2.13. The van der Waals surface area contributed by atoms with Gasteiger partial charge in [0.1, 0.15) is 12.3 Å². The number of aromatic nitrogens is 4. The summed E-state index contributed by atoms with van der Waals surface area (Å²) in [5.41, 5.74) is 8.02. The maximum Gasteiger partial charge on any atom is 0.205 e. The van der Waals surface area contributed by atoms with Crippen LogP contribution in [0.25, 0.3) is 17.1 Å². The molecule has 0 unspecified atom stereocenters. The van der Waals surface area contributed by atoms with Crippen LogP contribution in [-0.4, -0.2) is 39.2 Å². The SMILES string of the molecule is C=CCOc1c(C=O)ccc(-n2nnc(-c3ccc(N)cc3)n2)c1OC(C)C. The minimum absolute atomic E-state index is 0.160. The molecule has 0 saturated heterocycles. The third-order valence-electron chi connectivity index (χ3n) is 3.75. The van der Waals surface area contributed by atoms with E-state index in [4.69, 9.17) is 15.2 Å². The third kappa shape index (κ3) is 4.01. The van der Waals surface area contributed by atoms with E-state index in [1.54, 1.807) is 30.3 Å². The molecule has 0 fully saturated rings. The molecule has 0 radical (unpaired) electrons. The first kappa shape index (κ1) is 19.1. The normalized spacial score (nSPS) is 10.7. The maximum absolute atomic E-state index is 11.5. The molecule has 0 amide bonds. The zero-order valence-electron chi connectivity index (χ0n) is 15.7. The number of anilines is 1. The van der Waals surface area contributed by atoms with Crippen molar-refractivity contribution in [1.82, 2.24) is 20.2 Å². The fourth-order valence-electron chi connectivity index (χ4n) is 2.52. The van der Waals surface area contributed by atoms with E-state index in [0.29, 0.717) is 40.5 Å². The minimum Gasteiger partial charge on any atom is -0.485 e. The van der Waals surface area contributed by atoms with E-state index in [9.17, 15) is 4.79 Å². The van der Waals surface area contributed by atoms with Crippen LogP contribution in [-0.2, 0) is 0 Å². The van der Waals surface area contributed by atoms with Crippen LogP contribution >= 0.6 is 0 Å². The van der Waals surface area contributed by atoms with E-state index in [1.165, 1.54) is 4.80 Å². The number of nitrogens with zero attached hydrogens (tertiary/aromatic N) is 4. The third-order valence-corrected chi connectivity index (χ3v) is 3.75. The number of ether oxygens (including phenoxy) is 2. The number of rotatable bonds is 8. The molecular formula is C20H21N5O3. The highest BCUT2D eigenvalue weighted by Crippen LogP contribution is 2.37. The van der Waals surface area contributed by atoms with Gasteiger partial charge in [-0.2, -0.15) is 0 Å². The Labute approximate surface area is 162 Å². The molecule has 8 nitrogen and oxygen atoms in total. The highest BCUT2D eigenvalue weighted by Gasteiger charge is 2.21. The van der Waals surface area contributed by atoms with E-state index in [0.717, 1.165) is 5.56 Å². The van der Waals surface area contributed by atoms with Crippen molar-refractivity contribution in [2.75, 3.05) is 12.3 Å². The number of benzene rings is 2. The Morgan fingerprint density at radius 3 is 2.57 bits per heavy atom. The van der Waals surface area contributed by atoms with Gasteiger partial charge in [0.05, 0.1) is 11.7 Å². The number of nitrogens with two attached hydrogens (primary N) is 1. The van der Waals surface area contributed by atoms with Crippen LogP contribution in [0.2, 0.25) is 0 Å². The first-order valence-corrected chi connectivity index (χ1v) is 8.72. The number of carbonyl (C=O) groups excluding carboxylic acids is 1. The number of aldehydes is 1. The zero-order chi connectivity index (χ0) is 20.1. The van der Waals surface area contributed by atoms with Gasteiger partial charge < -0.3 is 15.2 Å². The fraction of sp³-hybridized carbons (Fsp3) is 0.200. The average Bonchev–Trinajstić information content (AvgIpc) is 3.16. The molecule has 3 rings (SSSR count). The van der Waals surface area contributed by atoms with Gasteiger partial charge in [0.15, 0.2) is 17.8 Å². The summed E-state index contributed by atoms with van der Waals surface area (Å²) in [6.07, 6.45) is 2.14. The maximum atomic E-state index is 11.5. The molecule has 8 heteroatoms. The Morgan fingerprint density at radius 2 is 1.93 bits per heavy atom. The Bertz CT molecular complexity index is 980. The summed E-state index contributed by atoms with van der Waals surface area (Å²) in [5, 5.41) is 12.7. The van der Waals surface area contributed by atoms with Crippen molar-refractivity contribution in [3.63, 3.8) is 0 Å². The first-order chi connectivity index (χ1) is 13.5. The topological polar surface area (TPSA) is 105 Å². The number of hydrogen-bond donors (Lipinski definition) is 1. The van der Waals surface area contributed by atoms with Crippen molar-refractivity contribution in [3.05, 3.63) is 54.6 Å². The smallest absolute Gasteiger partial charge is 0.205 e. The largest absolute Gasteiger partial charge is 0.485 e. The molecule has 28 heavy (non-hydrogen) atoms. The summed E-state index contributed by atoms with van der Waals surface area (Å²) >= 11 is 0. The standard InChI is InChI=1S/C20H21N5O3/c1-4-11-27-18-15(12-26)7-10-17(19(18)28-13(2)3)25-23-20(22-24-25)14-5-8-16(21)9-6-14/h4-10,12-13H,1,11,21H2,2-3H3. The molecule has 0 saturated carbocycles. The summed E-state index contributed by atoms with van der Waals surface area (Å²) in [5.74, 6) is 1.11. The Hall–Kier alpha value is -3.68. The molecule has 2 aromatic carbocycles. The van der Waals surface area contributed by atoms with Crippen molar-refractivity contribution in [2.24, 2.45) is 0 Å². The fourth-order valence-corrected chi connectivity index (χ4v) is 2.52. The van der Waals surface area contributed by atoms with Gasteiger partial charge in [-0.25, -0.2) is 0 Å². The van der Waals surface area contributed by atoms with Crippen LogP contribution in [0.5, 0.6) is 11.5 Å². The molecule has 1 heterocycles. The van der Waals surface area contributed by atoms with Crippen molar-refractivity contribution in [3.8, 4) is 28.6 Å². The van der Waals surface area contributed by atoms with Crippen molar-refractivity contribution < 1.29 is 14.3 Å². The zero-order valence-corrected chi connectivity index (χ0v) is 15.7. The van der Waals surface area contributed by atoms with Gasteiger partial charge in [0.2, 0.25) is 5.82 Å². The van der Waals surface area contributed by atoms with Crippen LogP contribution < -0.4 is 15.2 Å². The van der Waals surface area contributed by atoms with Gasteiger partial charge in [-0.1, -0.05) is 12.7 Å². The van der Waals surface area contributed by atoms with Crippen molar-refractivity contribution in [1.29, 1.82) is 0 Å². The van der Waals surface area contributed by atoms with Crippen LogP contribution in [0.3, 0.4) is 0 Å². The minimum atomic E-state index is -0.160. The molecule has 3 aromatic rings. The second-order valence-corrected chi connectivity index (χ2v) is 6.24. The molecule has 2 N–H and O–H groups in total. The molecule has 0 bridgehead atoms. The quantitative estimate of drug-likeness (QED) is 0.364. The Balaban J connectivity index is 2.09. The average molecular weight is 379 g/mol. The lowest BCUT2D eigenvalue weighted by molar-refractivity contribution is 0.111. The van der Waals surface area contributed by atoms with Crippen LogP contribution in [0.4, 0.5) is 5.69 Å². The van der Waals surface area contributed by atoms with Gasteiger partial charge in [0.25, 0.3) is 0 Å². The molecule has 144 valence electrons.